The molecule has 1 aliphatic rings. The van der Waals surface area contributed by atoms with Crippen LogP contribution in [0.15, 0.2) is 65.5 Å². The van der Waals surface area contributed by atoms with Crippen molar-refractivity contribution in [2.24, 2.45) is 0 Å². The first kappa shape index (κ1) is 17.1. The maximum atomic E-state index is 5.85. The van der Waals surface area contributed by atoms with Gasteiger partial charge in [-0.05, 0) is 30.5 Å². The zero-order chi connectivity index (χ0) is 17.6. The number of rotatable bonds is 8. The summed E-state index contributed by atoms with van der Waals surface area (Å²) in [4.78, 5) is 6.98. The molecule has 1 aliphatic heterocycles. The van der Waals surface area contributed by atoms with Crippen molar-refractivity contribution in [2.45, 2.75) is 38.6 Å². The van der Waals surface area contributed by atoms with E-state index in [0.717, 1.165) is 57.2 Å². The summed E-state index contributed by atoms with van der Waals surface area (Å²) < 4.78 is 13.6. The zero-order valence-corrected chi connectivity index (χ0v) is 15.0. The Bertz CT molecular complexity index is 777. The SMILES string of the molecule is c1ccc(Cn2ccnc2CN(Cc2ccco2)CC2CCCO2)cc1. The fraction of sp³-hybridized carbons (Fsp3) is 0.381. The molecule has 26 heavy (non-hydrogen) atoms. The van der Waals surface area contributed by atoms with Crippen molar-refractivity contribution >= 4 is 0 Å². The third kappa shape index (κ3) is 4.42. The van der Waals surface area contributed by atoms with Crippen LogP contribution in [0.1, 0.15) is 30.0 Å². The Hall–Kier alpha value is -2.37. The largest absolute Gasteiger partial charge is 0.468 e. The quantitative estimate of drug-likeness (QED) is 0.621. The van der Waals surface area contributed by atoms with E-state index in [0.29, 0.717) is 6.10 Å². The number of ether oxygens (including phenoxy) is 1. The van der Waals surface area contributed by atoms with Gasteiger partial charge in [0.05, 0.1) is 25.5 Å². The molecule has 1 atom stereocenters. The van der Waals surface area contributed by atoms with Crippen molar-refractivity contribution in [1.82, 2.24) is 14.5 Å². The number of benzene rings is 1. The Morgan fingerprint density at radius 1 is 1.12 bits per heavy atom. The van der Waals surface area contributed by atoms with Crippen LogP contribution in [0.5, 0.6) is 0 Å². The molecule has 1 saturated heterocycles. The normalized spacial score (nSPS) is 17.2. The highest BCUT2D eigenvalue weighted by atomic mass is 16.5. The van der Waals surface area contributed by atoms with E-state index in [1.54, 1.807) is 6.26 Å². The molecule has 0 amide bonds. The van der Waals surface area contributed by atoms with Crippen LogP contribution in [0.25, 0.3) is 0 Å². The van der Waals surface area contributed by atoms with Gasteiger partial charge in [0.2, 0.25) is 0 Å². The van der Waals surface area contributed by atoms with E-state index in [9.17, 15) is 0 Å². The molecule has 2 aromatic heterocycles. The summed E-state index contributed by atoms with van der Waals surface area (Å²) in [5, 5.41) is 0. The van der Waals surface area contributed by atoms with Crippen molar-refractivity contribution in [3.8, 4) is 0 Å². The molecule has 3 aromatic rings. The average Bonchev–Trinajstić information content (AvgIpc) is 3.41. The number of hydrogen-bond acceptors (Lipinski definition) is 4. The predicted octanol–water partition coefficient (Wildman–Crippen LogP) is 3.71. The first-order chi connectivity index (χ1) is 12.9. The van der Waals surface area contributed by atoms with E-state index in [-0.39, 0.29) is 0 Å². The standard InChI is InChI=1S/C21H25N3O2/c1-2-6-18(7-3-1)14-24-11-10-22-21(24)17-23(15-19-8-4-12-25-19)16-20-9-5-13-26-20/h1-4,6-8,10-12,20H,5,9,13-17H2. The minimum absolute atomic E-state index is 0.308. The molecule has 5 nitrogen and oxygen atoms in total. The molecule has 0 bridgehead atoms. The monoisotopic (exact) mass is 351 g/mol. The zero-order valence-electron chi connectivity index (χ0n) is 15.0. The van der Waals surface area contributed by atoms with Crippen LogP contribution in [0.3, 0.4) is 0 Å². The van der Waals surface area contributed by atoms with Gasteiger partial charge in [-0.3, -0.25) is 4.90 Å². The molecule has 1 aromatic carbocycles. The highest BCUT2D eigenvalue weighted by molar-refractivity contribution is 5.15. The lowest BCUT2D eigenvalue weighted by molar-refractivity contribution is 0.0642. The maximum absolute atomic E-state index is 5.85. The Kier molecular flexibility index (Phi) is 5.47. The molecule has 136 valence electrons. The molecule has 3 heterocycles. The minimum atomic E-state index is 0.308. The van der Waals surface area contributed by atoms with E-state index in [1.165, 1.54) is 5.56 Å². The van der Waals surface area contributed by atoms with Gasteiger partial charge in [0.25, 0.3) is 0 Å². The van der Waals surface area contributed by atoms with Crippen LogP contribution in [0.4, 0.5) is 0 Å². The molecule has 1 fully saturated rings. The minimum Gasteiger partial charge on any atom is -0.468 e. The van der Waals surface area contributed by atoms with Crippen molar-refractivity contribution in [3.63, 3.8) is 0 Å². The first-order valence-corrected chi connectivity index (χ1v) is 9.27. The van der Waals surface area contributed by atoms with Crippen LogP contribution >= 0.6 is 0 Å². The molecule has 5 heteroatoms. The summed E-state index contributed by atoms with van der Waals surface area (Å²) in [6, 6.07) is 14.5. The van der Waals surface area contributed by atoms with E-state index < -0.39 is 0 Å². The fourth-order valence-electron chi connectivity index (χ4n) is 3.50. The van der Waals surface area contributed by atoms with E-state index in [4.69, 9.17) is 9.15 Å². The third-order valence-corrected chi connectivity index (χ3v) is 4.81. The summed E-state index contributed by atoms with van der Waals surface area (Å²) in [5.41, 5.74) is 1.28. The summed E-state index contributed by atoms with van der Waals surface area (Å²) in [6.45, 7) is 4.16. The van der Waals surface area contributed by atoms with Gasteiger partial charge in [-0.25, -0.2) is 4.98 Å². The second kappa shape index (κ2) is 8.34. The van der Waals surface area contributed by atoms with Crippen LogP contribution in [-0.2, 0) is 24.4 Å². The first-order valence-electron chi connectivity index (χ1n) is 9.27. The number of aromatic nitrogens is 2. The van der Waals surface area contributed by atoms with Crippen LogP contribution in [0.2, 0.25) is 0 Å². The van der Waals surface area contributed by atoms with Gasteiger partial charge >= 0.3 is 0 Å². The third-order valence-electron chi connectivity index (χ3n) is 4.81. The summed E-state index contributed by atoms with van der Waals surface area (Å²) in [6.07, 6.45) is 8.27. The lowest BCUT2D eigenvalue weighted by Crippen LogP contribution is -2.32. The molecular weight excluding hydrogens is 326 g/mol. The molecule has 0 saturated carbocycles. The smallest absolute Gasteiger partial charge is 0.123 e. The number of nitrogens with zero attached hydrogens (tertiary/aromatic N) is 3. The van der Waals surface area contributed by atoms with Crippen molar-refractivity contribution in [2.75, 3.05) is 13.2 Å². The molecule has 0 spiro atoms. The average molecular weight is 351 g/mol. The Morgan fingerprint density at radius 2 is 2.04 bits per heavy atom. The Labute approximate surface area is 154 Å². The van der Waals surface area contributed by atoms with Gasteiger partial charge in [-0.1, -0.05) is 30.3 Å². The lowest BCUT2D eigenvalue weighted by atomic mass is 10.2. The summed E-state index contributed by atoms with van der Waals surface area (Å²) in [5.74, 6) is 2.04. The van der Waals surface area contributed by atoms with Crippen LogP contribution in [0, 0.1) is 0 Å². The molecule has 0 radical (unpaired) electrons. The number of hydrogen-bond donors (Lipinski definition) is 0. The van der Waals surface area contributed by atoms with Gasteiger partial charge in [-0.2, -0.15) is 0 Å². The second-order valence-electron chi connectivity index (χ2n) is 6.84. The highest BCUT2D eigenvalue weighted by Crippen LogP contribution is 2.17. The molecular formula is C21H25N3O2. The van der Waals surface area contributed by atoms with Crippen molar-refractivity contribution in [3.05, 3.63) is 78.3 Å². The molecule has 0 N–H and O–H groups in total. The van der Waals surface area contributed by atoms with Gasteiger partial charge in [0.1, 0.15) is 11.6 Å². The van der Waals surface area contributed by atoms with Crippen LogP contribution < -0.4 is 0 Å². The van der Waals surface area contributed by atoms with Gasteiger partial charge in [0.15, 0.2) is 0 Å². The van der Waals surface area contributed by atoms with Crippen molar-refractivity contribution < 1.29 is 9.15 Å². The van der Waals surface area contributed by atoms with E-state index >= 15 is 0 Å². The maximum Gasteiger partial charge on any atom is 0.123 e. The van der Waals surface area contributed by atoms with Gasteiger partial charge < -0.3 is 13.7 Å². The Balaban J connectivity index is 1.47. The number of imidazole rings is 1. The fourth-order valence-corrected chi connectivity index (χ4v) is 3.50. The van der Waals surface area contributed by atoms with Gasteiger partial charge in [-0.15, -0.1) is 0 Å². The van der Waals surface area contributed by atoms with Crippen molar-refractivity contribution in [1.29, 1.82) is 0 Å². The molecule has 0 aliphatic carbocycles. The lowest BCUT2D eigenvalue weighted by Gasteiger charge is -2.24. The number of furan rings is 1. The summed E-state index contributed by atoms with van der Waals surface area (Å²) >= 11 is 0. The summed E-state index contributed by atoms with van der Waals surface area (Å²) in [7, 11) is 0. The Morgan fingerprint density at radius 3 is 2.81 bits per heavy atom. The molecule has 4 rings (SSSR count). The highest BCUT2D eigenvalue weighted by Gasteiger charge is 2.21. The predicted molar refractivity (Wildman–Crippen MR) is 99.6 cm³/mol. The van der Waals surface area contributed by atoms with Crippen LogP contribution in [-0.4, -0.2) is 33.7 Å². The van der Waals surface area contributed by atoms with E-state index in [2.05, 4.69) is 44.9 Å². The van der Waals surface area contributed by atoms with Gasteiger partial charge in [0, 0.05) is 32.1 Å². The van der Waals surface area contributed by atoms with E-state index in [1.807, 2.05) is 24.4 Å². The second-order valence-corrected chi connectivity index (χ2v) is 6.84. The topological polar surface area (TPSA) is 43.4 Å². The molecule has 1 unspecified atom stereocenters.